The molecule has 2 aromatic rings. The Morgan fingerprint density at radius 3 is 2.72 bits per heavy atom. The number of rotatable bonds is 7. The number of carbonyl (C=O) groups is 1. The molecule has 154 valence electrons. The molecule has 29 heavy (non-hydrogen) atoms. The highest BCUT2D eigenvalue weighted by atomic mass is 32.1. The summed E-state index contributed by atoms with van der Waals surface area (Å²) in [7, 11) is 0. The average molecular weight is 411 g/mol. The highest BCUT2D eigenvalue weighted by Crippen LogP contribution is 2.20. The Morgan fingerprint density at radius 2 is 2.03 bits per heavy atom. The van der Waals surface area contributed by atoms with Crippen molar-refractivity contribution in [2.75, 3.05) is 26.2 Å². The van der Waals surface area contributed by atoms with Crippen molar-refractivity contribution in [3.05, 3.63) is 53.2 Å². The van der Waals surface area contributed by atoms with E-state index in [1.54, 1.807) is 24.5 Å². The summed E-state index contributed by atoms with van der Waals surface area (Å²) in [6.45, 7) is 14.5. The first-order valence-electron chi connectivity index (χ1n) is 10.2. The fourth-order valence-electron chi connectivity index (χ4n) is 3.60. The molecule has 1 aliphatic heterocycles. The van der Waals surface area contributed by atoms with Gasteiger partial charge in [0.2, 0.25) is 0 Å². The summed E-state index contributed by atoms with van der Waals surface area (Å²) in [5, 5.41) is 0. The van der Waals surface area contributed by atoms with Crippen LogP contribution in [0.5, 0.6) is 0 Å². The van der Waals surface area contributed by atoms with Gasteiger partial charge in [-0.25, -0.2) is 9.98 Å². The van der Waals surface area contributed by atoms with Gasteiger partial charge >= 0.3 is 0 Å². The molecule has 5 nitrogen and oxygen atoms in total. The SMILES string of the molecule is C=C(CCC)/C(=C\N=C(C)N1CCN(Cc2ccc3scnc3c2)CC1)C(C)=O. The average Bonchev–Trinajstić information content (AvgIpc) is 3.16. The molecule has 0 N–H and O–H groups in total. The lowest BCUT2D eigenvalue weighted by atomic mass is 10.0. The number of allylic oxidation sites excluding steroid dienone is 2. The first-order chi connectivity index (χ1) is 14.0. The van der Waals surface area contributed by atoms with Crippen LogP contribution in [0.2, 0.25) is 0 Å². The summed E-state index contributed by atoms with van der Waals surface area (Å²) in [5.41, 5.74) is 5.82. The number of thiazole rings is 1. The molecule has 1 aliphatic rings. The third-order valence-electron chi connectivity index (χ3n) is 5.32. The molecule has 3 rings (SSSR count). The highest BCUT2D eigenvalue weighted by Gasteiger charge is 2.18. The van der Waals surface area contributed by atoms with Gasteiger partial charge in [-0.1, -0.05) is 26.0 Å². The lowest BCUT2D eigenvalue weighted by Crippen LogP contribution is -2.47. The van der Waals surface area contributed by atoms with Crippen LogP contribution in [0.3, 0.4) is 0 Å². The van der Waals surface area contributed by atoms with E-state index in [2.05, 4.69) is 51.5 Å². The van der Waals surface area contributed by atoms with E-state index in [4.69, 9.17) is 0 Å². The minimum absolute atomic E-state index is 0.0295. The molecule has 1 fully saturated rings. The van der Waals surface area contributed by atoms with Crippen LogP contribution in [-0.4, -0.2) is 52.6 Å². The van der Waals surface area contributed by atoms with Crippen molar-refractivity contribution in [3.8, 4) is 0 Å². The Kier molecular flexibility index (Phi) is 7.34. The summed E-state index contributed by atoms with van der Waals surface area (Å²) in [6, 6.07) is 6.57. The molecule has 0 spiro atoms. The molecule has 0 saturated carbocycles. The third kappa shape index (κ3) is 5.61. The number of aromatic nitrogens is 1. The standard InChI is InChI=1S/C23H30N4OS/c1-5-6-17(2)21(18(3)28)14-24-19(4)27-11-9-26(10-12-27)15-20-7-8-23-22(13-20)25-16-29-23/h7-8,13-14,16H,2,5-6,9-12,15H2,1,3-4H3/b21-14+,24-19?. The Hall–Kier alpha value is -2.31. The quantitative estimate of drug-likeness (QED) is 0.288. The van der Waals surface area contributed by atoms with Crippen molar-refractivity contribution in [1.29, 1.82) is 0 Å². The molecule has 0 unspecified atom stereocenters. The summed E-state index contributed by atoms with van der Waals surface area (Å²) in [6.07, 6.45) is 3.50. The number of hydrogen-bond donors (Lipinski definition) is 0. The van der Waals surface area contributed by atoms with Crippen molar-refractivity contribution in [2.45, 2.75) is 40.2 Å². The molecule has 0 amide bonds. The molecular weight excluding hydrogens is 380 g/mol. The fourth-order valence-corrected chi connectivity index (χ4v) is 4.26. The Balaban J connectivity index is 1.57. The van der Waals surface area contributed by atoms with Crippen LogP contribution in [0.1, 0.15) is 39.2 Å². The fraction of sp³-hybridized carbons (Fsp3) is 0.435. The van der Waals surface area contributed by atoms with Crippen LogP contribution >= 0.6 is 11.3 Å². The van der Waals surface area contributed by atoms with Gasteiger partial charge in [-0.15, -0.1) is 11.3 Å². The summed E-state index contributed by atoms with van der Waals surface area (Å²) in [4.78, 5) is 25.7. The minimum Gasteiger partial charge on any atom is -0.358 e. The van der Waals surface area contributed by atoms with Gasteiger partial charge in [0, 0.05) is 44.5 Å². The molecule has 1 saturated heterocycles. The van der Waals surface area contributed by atoms with Crippen LogP contribution in [0.25, 0.3) is 10.2 Å². The summed E-state index contributed by atoms with van der Waals surface area (Å²) in [5.74, 6) is 0.985. The number of aliphatic imine (C=N–C) groups is 1. The van der Waals surface area contributed by atoms with Crippen LogP contribution in [0, 0.1) is 0 Å². The third-order valence-corrected chi connectivity index (χ3v) is 6.13. The molecule has 0 aliphatic carbocycles. The van der Waals surface area contributed by atoms with Gasteiger partial charge in [0.15, 0.2) is 5.78 Å². The van der Waals surface area contributed by atoms with Crippen molar-refractivity contribution >= 4 is 33.2 Å². The van der Waals surface area contributed by atoms with Gasteiger partial charge in [0.25, 0.3) is 0 Å². The van der Waals surface area contributed by atoms with Gasteiger partial charge in [-0.05, 0) is 43.5 Å². The van der Waals surface area contributed by atoms with Crippen molar-refractivity contribution in [2.24, 2.45) is 4.99 Å². The van der Waals surface area contributed by atoms with E-state index in [1.165, 1.54) is 10.3 Å². The van der Waals surface area contributed by atoms with E-state index in [-0.39, 0.29) is 5.78 Å². The molecular formula is C23H30N4OS. The zero-order valence-electron chi connectivity index (χ0n) is 17.6. The first kappa shape index (κ1) is 21.4. The molecule has 0 bridgehead atoms. The smallest absolute Gasteiger partial charge is 0.161 e. The van der Waals surface area contributed by atoms with E-state index in [0.29, 0.717) is 5.57 Å². The second-order valence-electron chi connectivity index (χ2n) is 7.55. The lowest BCUT2D eigenvalue weighted by Gasteiger charge is -2.35. The number of ketones is 1. The maximum Gasteiger partial charge on any atom is 0.161 e. The number of carbonyl (C=O) groups excluding carboxylic acids is 1. The maximum absolute atomic E-state index is 11.9. The monoisotopic (exact) mass is 410 g/mol. The van der Waals surface area contributed by atoms with E-state index < -0.39 is 0 Å². The van der Waals surface area contributed by atoms with Gasteiger partial charge in [-0.2, -0.15) is 0 Å². The Bertz CT molecular complexity index is 935. The van der Waals surface area contributed by atoms with Crippen molar-refractivity contribution < 1.29 is 4.79 Å². The molecule has 1 aromatic heterocycles. The molecule has 2 heterocycles. The molecule has 6 heteroatoms. The van der Waals surface area contributed by atoms with E-state index in [1.807, 2.05) is 12.4 Å². The molecule has 0 atom stereocenters. The number of hydrogen-bond acceptors (Lipinski definition) is 5. The van der Waals surface area contributed by atoms with Crippen molar-refractivity contribution in [3.63, 3.8) is 0 Å². The number of Topliss-reactive ketones (excluding diaryl/α,β-unsaturated/α-hetero) is 1. The van der Waals surface area contributed by atoms with E-state index >= 15 is 0 Å². The second kappa shape index (κ2) is 9.94. The Morgan fingerprint density at radius 1 is 1.28 bits per heavy atom. The van der Waals surface area contributed by atoms with Crippen LogP contribution in [0.15, 0.2) is 52.6 Å². The number of benzene rings is 1. The largest absolute Gasteiger partial charge is 0.358 e. The predicted molar refractivity (Wildman–Crippen MR) is 122 cm³/mol. The number of amidine groups is 1. The van der Waals surface area contributed by atoms with Gasteiger partial charge in [0.1, 0.15) is 5.84 Å². The second-order valence-corrected chi connectivity index (χ2v) is 8.43. The number of piperazine rings is 1. The Labute approximate surface area is 177 Å². The zero-order chi connectivity index (χ0) is 20.8. The van der Waals surface area contributed by atoms with E-state index in [9.17, 15) is 4.79 Å². The normalized spacial score (nSPS) is 16.4. The first-order valence-corrected chi connectivity index (χ1v) is 11.1. The lowest BCUT2D eigenvalue weighted by molar-refractivity contribution is -0.113. The maximum atomic E-state index is 11.9. The van der Waals surface area contributed by atoms with Gasteiger partial charge in [0.05, 0.1) is 15.7 Å². The number of nitrogens with zero attached hydrogens (tertiary/aromatic N) is 4. The zero-order valence-corrected chi connectivity index (χ0v) is 18.5. The minimum atomic E-state index is 0.0295. The highest BCUT2D eigenvalue weighted by molar-refractivity contribution is 7.16. The van der Waals surface area contributed by atoms with Crippen LogP contribution in [-0.2, 0) is 11.3 Å². The molecule has 0 radical (unpaired) electrons. The summed E-state index contributed by atoms with van der Waals surface area (Å²) >= 11 is 1.68. The summed E-state index contributed by atoms with van der Waals surface area (Å²) < 4.78 is 1.24. The predicted octanol–water partition coefficient (Wildman–Crippen LogP) is 4.66. The van der Waals surface area contributed by atoms with Crippen LogP contribution < -0.4 is 0 Å². The van der Waals surface area contributed by atoms with Gasteiger partial charge < -0.3 is 4.90 Å². The van der Waals surface area contributed by atoms with Gasteiger partial charge in [-0.3, -0.25) is 9.69 Å². The topological polar surface area (TPSA) is 48.8 Å². The van der Waals surface area contributed by atoms with E-state index in [0.717, 1.165) is 62.5 Å². The van der Waals surface area contributed by atoms with Crippen molar-refractivity contribution in [1.82, 2.24) is 14.8 Å². The van der Waals surface area contributed by atoms with Crippen LogP contribution in [0.4, 0.5) is 0 Å². The number of fused-ring (bicyclic) bond motifs is 1. The molecule has 1 aromatic carbocycles.